The summed E-state index contributed by atoms with van der Waals surface area (Å²) in [5.41, 5.74) is 3.24. The van der Waals surface area contributed by atoms with Crippen molar-refractivity contribution >= 4 is 11.6 Å². The first-order valence-corrected chi connectivity index (χ1v) is 7.41. The molecule has 0 spiro atoms. The van der Waals surface area contributed by atoms with Crippen LogP contribution in [0.4, 0.5) is 5.69 Å². The highest BCUT2D eigenvalue weighted by Crippen LogP contribution is 2.20. The Kier molecular flexibility index (Phi) is 5.56. The Bertz CT molecular complexity index is 454. The molecular formula is C16H24N2O2. The maximum absolute atomic E-state index is 12.0. The second kappa shape index (κ2) is 7.41. The van der Waals surface area contributed by atoms with Crippen molar-refractivity contribution in [2.24, 2.45) is 0 Å². The average Bonchev–Trinajstić information content (AvgIpc) is 2.94. The molecule has 110 valence electrons. The molecule has 2 N–H and O–H groups in total. The molecule has 1 saturated heterocycles. The highest BCUT2D eigenvalue weighted by atomic mass is 16.5. The van der Waals surface area contributed by atoms with Gasteiger partial charge in [-0.3, -0.25) is 4.79 Å². The first kappa shape index (κ1) is 15.0. The van der Waals surface area contributed by atoms with E-state index in [4.69, 9.17) is 4.74 Å². The van der Waals surface area contributed by atoms with E-state index < -0.39 is 0 Å². The number of benzene rings is 1. The lowest BCUT2D eigenvalue weighted by Crippen LogP contribution is -2.33. The predicted molar refractivity (Wildman–Crippen MR) is 81.0 cm³/mol. The summed E-state index contributed by atoms with van der Waals surface area (Å²) in [5, 5.41) is 6.18. The van der Waals surface area contributed by atoms with Crippen LogP contribution in [0.5, 0.6) is 0 Å². The summed E-state index contributed by atoms with van der Waals surface area (Å²) in [7, 11) is 0. The maximum Gasteiger partial charge on any atom is 0.238 e. The molecule has 1 aromatic carbocycles. The van der Waals surface area contributed by atoms with Gasteiger partial charge in [0.15, 0.2) is 0 Å². The van der Waals surface area contributed by atoms with E-state index >= 15 is 0 Å². The van der Waals surface area contributed by atoms with Gasteiger partial charge in [-0.25, -0.2) is 0 Å². The van der Waals surface area contributed by atoms with Crippen molar-refractivity contribution in [2.45, 2.75) is 39.2 Å². The largest absolute Gasteiger partial charge is 0.377 e. The number of carbonyl (C=O) groups excluding carboxylic acids is 1. The number of nitrogens with one attached hydrogen (secondary N) is 2. The van der Waals surface area contributed by atoms with Gasteiger partial charge in [-0.15, -0.1) is 0 Å². The average molecular weight is 276 g/mol. The summed E-state index contributed by atoms with van der Waals surface area (Å²) in [6.07, 6.45) is 3.40. The Morgan fingerprint density at radius 3 is 3.00 bits per heavy atom. The molecule has 0 bridgehead atoms. The molecule has 1 amide bonds. The molecule has 1 aliphatic rings. The number of anilines is 1. The van der Waals surface area contributed by atoms with Crippen LogP contribution in [0.15, 0.2) is 18.2 Å². The van der Waals surface area contributed by atoms with Gasteiger partial charge in [0.1, 0.15) is 0 Å². The zero-order valence-corrected chi connectivity index (χ0v) is 12.4. The molecule has 2 rings (SSSR count). The van der Waals surface area contributed by atoms with E-state index in [9.17, 15) is 4.79 Å². The van der Waals surface area contributed by atoms with Gasteiger partial charge in [0.2, 0.25) is 5.91 Å². The topological polar surface area (TPSA) is 50.4 Å². The minimum Gasteiger partial charge on any atom is -0.377 e. The molecule has 0 aliphatic carbocycles. The molecule has 0 radical (unpaired) electrons. The minimum atomic E-state index is 0.00648. The lowest BCUT2D eigenvalue weighted by atomic mass is 10.1. The number of hydrogen-bond donors (Lipinski definition) is 2. The Balaban J connectivity index is 1.81. The number of ether oxygens (including phenoxy) is 1. The van der Waals surface area contributed by atoms with Gasteiger partial charge >= 0.3 is 0 Å². The molecule has 1 fully saturated rings. The van der Waals surface area contributed by atoms with Gasteiger partial charge < -0.3 is 15.4 Å². The van der Waals surface area contributed by atoms with Crippen LogP contribution in [-0.2, 0) is 16.0 Å². The molecule has 0 saturated carbocycles. The Hall–Kier alpha value is -1.39. The van der Waals surface area contributed by atoms with Crippen LogP contribution in [0.2, 0.25) is 0 Å². The summed E-state index contributed by atoms with van der Waals surface area (Å²) < 4.78 is 5.51. The fourth-order valence-corrected chi connectivity index (χ4v) is 2.54. The number of aryl methyl sites for hydroxylation is 2. The van der Waals surface area contributed by atoms with Gasteiger partial charge in [-0.1, -0.05) is 25.1 Å². The Morgan fingerprint density at radius 2 is 2.30 bits per heavy atom. The standard InChI is InChI=1S/C16H24N2O2/c1-3-13-7-4-6-12(2)16(13)18-15(19)11-17-10-14-8-5-9-20-14/h4,6-7,14,17H,3,5,8-11H2,1-2H3,(H,18,19). The van der Waals surface area contributed by atoms with E-state index in [0.29, 0.717) is 6.54 Å². The predicted octanol–water partition coefficient (Wildman–Crippen LogP) is 2.26. The minimum absolute atomic E-state index is 0.00648. The van der Waals surface area contributed by atoms with Crippen LogP contribution in [0.1, 0.15) is 30.9 Å². The van der Waals surface area contributed by atoms with Crippen LogP contribution in [0.25, 0.3) is 0 Å². The number of amides is 1. The lowest BCUT2D eigenvalue weighted by molar-refractivity contribution is -0.115. The summed E-state index contributed by atoms with van der Waals surface area (Å²) in [6.45, 7) is 6.05. The quantitative estimate of drug-likeness (QED) is 0.838. The number of carbonyl (C=O) groups is 1. The van der Waals surface area contributed by atoms with Crippen LogP contribution < -0.4 is 10.6 Å². The van der Waals surface area contributed by atoms with Crippen molar-refractivity contribution in [3.05, 3.63) is 29.3 Å². The molecule has 20 heavy (non-hydrogen) atoms. The molecule has 1 unspecified atom stereocenters. The maximum atomic E-state index is 12.0. The van der Waals surface area contributed by atoms with Crippen molar-refractivity contribution in [1.82, 2.24) is 5.32 Å². The molecule has 4 heteroatoms. The van der Waals surface area contributed by atoms with E-state index in [-0.39, 0.29) is 12.0 Å². The van der Waals surface area contributed by atoms with Gasteiger partial charge in [-0.05, 0) is 37.3 Å². The second-order valence-electron chi connectivity index (χ2n) is 5.28. The number of hydrogen-bond acceptors (Lipinski definition) is 3. The van der Waals surface area contributed by atoms with E-state index in [0.717, 1.165) is 43.7 Å². The third-order valence-electron chi connectivity index (χ3n) is 3.69. The van der Waals surface area contributed by atoms with Crippen LogP contribution in [-0.4, -0.2) is 31.7 Å². The van der Waals surface area contributed by atoms with E-state index in [2.05, 4.69) is 23.6 Å². The van der Waals surface area contributed by atoms with Crippen molar-refractivity contribution in [2.75, 3.05) is 25.0 Å². The summed E-state index contributed by atoms with van der Waals surface area (Å²) >= 11 is 0. The fraction of sp³-hybridized carbons (Fsp3) is 0.562. The molecule has 1 heterocycles. The van der Waals surface area contributed by atoms with Gasteiger partial charge in [0.05, 0.1) is 12.6 Å². The van der Waals surface area contributed by atoms with Crippen molar-refractivity contribution < 1.29 is 9.53 Å². The van der Waals surface area contributed by atoms with Crippen molar-refractivity contribution in [1.29, 1.82) is 0 Å². The third-order valence-corrected chi connectivity index (χ3v) is 3.69. The number of rotatable bonds is 6. The van der Waals surface area contributed by atoms with Crippen molar-refractivity contribution in [3.8, 4) is 0 Å². The first-order valence-electron chi connectivity index (χ1n) is 7.41. The summed E-state index contributed by atoms with van der Waals surface area (Å²) in [5.74, 6) is 0.00648. The Morgan fingerprint density at radius 1 is 1.45 bits per heavy atom. The second-order valence-corrected chi connectivity index (χ2v) is 5.28. The van der Waals surface area contributed by atoms with E-state index in [1.165, 1.54) is 5.56 Å². The summed E-state index contributed by atoms with van der Waals surface area (Å²) in [6, 6.07) is 6.11. The molecule has 4 nitrogen and oxygen atoms in total. The normalized spacial score (nSPS) is 18.2. The van der Waals surface area contributed by atoms with Gasteiger partial charge in [0, 0.05) is 18.8 Å². The summed E-state index contributed by atoms with van der Waals surface area (Å²) in [4.78, 5) is 12.0. The zero-order chi connectivity index (χ0) is 14.4. The molecule has 0 aromatic heterocycles. The van der Waals surface area contributed by atoms with Crippen LogP contribution in [0.3, 0.4) is 0 Å². The molecule has 1 aliphatic heterocycles. The smallest absolute Gasteiger partial charge is 0.238 e. The van der Waals surface area contributed by atoms with E-state index in [1.807, 2.05) is 19.1 Å². The SMILES string of the molecule is CCc1cccc(C)c1NC(=O)CNCC1CCCO1. The molecule has 1 atom stereocenters. The van der Waals surface area contributed by atoms with E-state index in [1.54, 1.807) is 0 Å². The molecular weight excluding hydrogens is 252 g/mol. The fourth-order valence-electron chi connectivity index (χ4n) is 2.54. The number of para-hydroxylation sites is 1. The highest BCUT2D eigenvalue weighted by Gasteiger charge is 2.15. The Labute approximate surface area is 120 Å². The molecule has 1 aromatic rings. The monoisotopic (exact) mass is 276 g/mol. The van der Waals surface area contributed by atoms with Gasteiger partial charge in [-0.2, -0.15) is 0 Å². The lowest BCUT2D eigenvalue weighted by Gasteiger charge is -2.14. The van der Waals surface area contributed by atoms with Crippen LogP contribution >= 0.6 is 0 Å². The highest BCUT2D eigenvalue weighted by molar-refractivity contribution is 5.93. The third kappa shape index (κ3) is 4.05. The zero-order valence-electron chi connectivity index (χ0n) is 12.4. The van der Waals surface area contributed by atoms with Crippen LogP contribution in [0, 0.1) is 6.92 Å². The van der Waals surface area contributed by atoms with Crippen molar-refractivity contribution in [3.63, 3.8) is 0 Å². The first-order chi connectivity index (χ1) is 9.70. The van der Waals surface area contributed by atoms with Gasteiger partial charge in [0.25, 0.3) is 0 Å².